The van der Waals surface area contributed by atoms with E-state index in [2.05, 4.69) is 21.4 Å². The fourth-order valence-electron chi connectivity index (χ4n) is 1.39. The van der Waals surface area contributed by atoms with Crippen LogP contribution in [0.4, 0.5) is 5.82 Å². The number of hydrogen-bond acceptors (Lipinski definition) is 6. The number of thioether (sulfide) groups is 1. The lowest BCUT2D eigenvalue weighted by Crippen LogP contribution is -2.49. The number of aryl methyl sites for hydroxylation is 1. The largest absolute Gasteiger partial charge is 0.384 e. The Morgan fingerprint density at radius 2 is 2.25 bits per heavy atom. The summed E-state index contributed by atoms with van der Waals surface area (Å²) < 4.78 is 0. The number of rotatable bonds is 5. The van der Waals surface area contributed by atoms with E-state index < -0.39 is 5.54 Å². The second kappa shape index (κ2) is 6.57. The maximum atomic E-state index is 11.9. The molecule has 0 fully saturated rings. The Bertz CT molecular complexity index is 520. The summed E-state index contributed by atoms with van der Waals surface area (Å²) >= 11 is 1.20. The van der Waals surface area contributed by atoms with Crippen LogP contribution in [-0.2, 0) is 4.79 Å². The van der Waals surface area contributed by atoms with Gasteiger partial charge in [-0.05, 0) is 19.8 Å². The van der Waals surface area contributed by atoms with Crippen LogP contribution in [0.3, 0.4) is 0 Å². The highest BCUT2D eigenvalue weighted by atomic mass is 32.2. The molecule has 0 bridgehead atoms. The number of nitrogens with two attached hydrogens (primary N) is 1. The molecule has 0 radical (unpaired) electrons. The minimum atomic E-state index is -0.871. The van der Waals surface area contributed by atoms with Crippen molar-refractivity contribution in [1.29, 1.82) is 5.26 Å². The molecule has 1 amide bonds. The molecule has 6 nitrogen and oxygen atoms in total. The molecule has 0 aliphatic carbocycles. The van der Waals surface area contributed by atoms with Crippen molar-refractivity contribution in [2.75, 3.05) is 11.5 Å². The molecule has 1 heterocycles. The van der Waals surface area contributed by atoms with E-state index in [1.165, 1.54) is 11.8 Å². The lowest BCUT2D eigenvalue weighted by atomic mass is 9.90. The topological polar surface area (TPSA) is 105 Å². The van der Waals surface area contributed by atoms with Crippen LogP contribution in [0.15, 0.2) is 11.2 Å². The van der Waals surface area contributed by atoms with Crippen LogP contribution in [0.5, 0.6) is 0 Å². The quantitative estimate of drug-likeness (QED) is 0.630. The molecule has 1 aromatic rings. The molecule has 108 valence electrons. The van der Waals surface area contributed by atoms with Crippen molar-refractivity contribution in [3.8, 4) is 6.07 Å². The van der Waals surface area contributed by atoms with Crippen molar-refractivity contribution in [1.82, 2.24) is 15.3 Å². The molecular weight excluding hydrogens is 274 g/mol. The van der Waals surface area contributed by atoms with E-state index in [0.717, 1.165) is 5.69 Å². The first-order chi connectivity index (χ1) is 9.26. The highest BCUT2D eigenvalue weighted by molar-refractivity contribution is 7.99. The standard InChI is InChI=1S/C13H19N5OS/c1-8(2)13(4,7-14)18-11(19)6-20-12-16-9(3)5-10(15)17-12/h5,8H,6H2,1-4H3,(H,18,19)(H2,15,16,17). The number of amides is 1. The van der Waals surface area contributed by atoms with Gasteiger partial charge in [0.2, 0.25) is 5.91 Å². The van der Waals surface area contributed by atoms with Crippen molar-refractivity contribution in [3.05, 3.63) is 11.8 Å². The zero-order valence-electron chi connectivity index (χ0n) is 12.1. The van der Waals surface area contributed by atoms with Gasteiger partial charge in [-0.2, -0.15) is 5.26 Å². The van der Waals surface area contributed by atoms with Gasteiger partial charge in [0.25, 0.3) is 0 Å². The van der Waals surface area contributed by atoms with Crippen LogP contribution >= 0.6 is 11.8 Å². The molecular formula is C13H19N5OS. The predicted molar refractivity (Wildman–Crippen MR) is 78.9 cm³/mol. The average molecular weight is 293 g/mol. The van der Waals surface area contributed by atoms with Gasteiger partial charge in [0.1, 0.15) is 11.4 Å². The summed E-state index contributed by atoms with van der Waals surface area (Å²) in [4.78, 5) is 20.1. The van der Waals surface area contributed by atoms with Gasteiger partial charge < -0.3 is 11.1 Å². The smallest absolute Gasteiger partial charge is 0.231 e. The van der Waals surface area contributed by atoms with Crippen LogP contribution in [0.25, 0.3) is 0 Å². The molecule has 1 rings (SSSR count). The first-order valence-corrected chi connectivity index (χ1v) is 7.21. The van der Waals surface area contributed by atoms with E-state index in [0.29, 0.717) is 11.0 Å². The monoisotopic (exact) mass is 293 g/mol. The van der Waals surface area contributed by atoms with Crippen LogP contribution in [0, 0.1) is 24.2 Å². The highest BCUT2D eigenvalue weighted by Crippen LogP contribution is 2.18. The SMILES string of the molecule is Cc1cc(N)nc(SCC(=O)NC(C)(C#N)C(C)C)n1. The Kier molecular flexibility index (Phi) is 5.34. The minimum Gasteiger partial charge on any atom is -0.384 e. The fourth-order valence-corrected chi connectivity index (χ4v) is 2.10. The maximum Gasteiger partial charge on any atom is 0.231 e. The predicted octanol–water partition coefficient (Wildman–Crippen LogP) is 1.51. The van der Waals surface area contributed by atoms with Gasteiger partial charge in [0, 0.05) is 11.8 Å². The van der Waals surface area contributed by atoms with Crippen molar-refractivity contribution >= 4 is 23.5 Å². The number of carbonyl (C=O) groups is 1. The number of nitrogens with one attached hydrogen (secondary N) is 1. The summed E-state index contributed by atoms with van der Waals surface area (Å²) in [5.74, 6) is 0.320. The minimum absolute atomic E-state index is 0.0207. The summed E-state index contributed by atoms with van der Waals surface area (Å²) in [6, 6.07) is 3.80. The molecule has 1 unspecified atom stereocenters. The number of anilines is 1. The highest BCUT2D eigenvalue weighted by Gasteiger charge is 2.29. The Morgan fingerprint density at radius 1 is 1.60 bits per heavy atom. The van der Waals surface area contributed by atoms with Crippen LogP contribution in [-0.4, -0.2) is 27.2 Å². The third-order valence-electron chi connectivity index (χ3n) is 2.97. The molecule has 0 aromatic carbocycles. The lowest BCUT2D eigenvalue weighted by molar-refractivity contribution is -0.120. The van der Waals surface area contributed by atoms with Gasteiger partial charge in [-0.1, -0.05) is 25.6 Å². The molecule has 3 N–H and O–H groups in total. The lowest BCUT2D eigenvalue weighted by Gasteiger charge is -2.27. The Balaban J connectivity index is 2.62. The van der Waals surface area contributed by atoms with Crippen molar-refractivity contribution < 1.29 is 4.79 Å². The summed E-state index contributed by atoms with van der Waals surface area (Å²) in [7, 11) is 0. The molecule has 0 spiro atoms. The van der Waals surface area contributed by atoms with E-state index in [9.17, 15) is 4.79 Å². The van der Waals surface area contributed by atoms with Gasteiger partial charge >= 0.3 is 0 Å². The van der Waals surface area contributed by atoms with E-state index in [-0.39, 0.29) is 17.6 Å². The summed E-state index contributed by atoms with van der Waals surface area (Å²) in [5.41, 5.74) is 5.50. The number of carbonyl (C=O) groups excluding carboxylic acids is 1. The van der Waals surface area contributed by atoms with E-state index in [1.54, 1.807) is 13.0 Å². The molecule has 20 heavy (non-hydrogen) atoms. The van der Waals surface area contributed by atoms with Crippen LogP contribution in [0.1, 0.15) is 26.5 Å². The first kappa shape index (κ1) is 16.2. The number of aromatic nitrogens is 2. The van der Waals surface area contributed by atoms with Gasteiger partial charge in [-0.3, -0.25) is 4.79 Å². The number of nitrogen functional groups attached to an aromatic ring is 1. The normalized spacial score (nSPS) is 13.6. The number of nitrogens with zero attached hydrogens (tertiary/aromatic N) is 3. The molecule has 1 atom stereocenters. The average Bonchev–Trinajstić information content (AvgIpc) is 2.35. The van der Waals surface area contributed by atoms with E-state index in [1.807, 2.05) is 20.8 Å². The third-order valence-corrected chi connectivity index (χ3v) is 3.82. The zero-order valence-corrected chi connectivity index (χ0v) is 12.9. The summed E-state index contributed by atoms with van der Waals surface area (Å²) in [5, 5.41) is 12.3. The molecule has 1 aromatic heterocycles. The van der Waals surface area contributed by atoms with Gasteiger partial charge in [-0.15, -0.1) is 0 Å². The van der Waals surface area contributed by atoms with Gasteiger partial charge in [-0.25, -0.2) is 9.97 Å². The van der Waals surface area contributed by atoms with Crippen molar-refractivity contribution in [2.24, 2.45) is 5.92 Å². The number of hydrogen-bond donors (Lipinski definition) is 2. The van der Waals surface area contributed by atoms with Gasteiger partial charge in [0.15, 0.2) is 5.16 Å². The molecule has 0 saturated heterocycles. The molecule has 7 heteroatoms. The third kappa shape index (κ3) is 4.38. The van der Waals surface area contributed by atoms with Gasteiger partial charge in [0.05, 0.1) is 11.8 Å². The van der Waals surface area contributed by atoms with Crippen LogP contribution < -0.4 is 11.1 Å². The Hall–Kier alpha value is -1.81. The Labute approximate surface area is 123 Å². The second-order valence-electron chi connectivity index (χ2n) is 5.02. The van der Waals surface area contributed by atoms with Crippen molar-refractivity contribution in [2.45, 2.75) is 38.4 Å². The first-order valence-electron chi connectivity index (χ1n) is 6.23. The summed E-state index contributed by atoms with van der Waals surface area (Å²) in [6.07, 6.45) is 0. The van der Waals surface area contributed by atoms with Crippen LogP contribution in [0.2, 0.25) is 0 Å². The molecule has 0 aliphatic heterocycles. The molecule has 0 aliphatic rings. The fraction of sp³-hybridized carbons (Fsp3) is 0.538. The van der Waals surface area contributed by atoms with E-state index >= 15 is 0 Å². The maximum absolute atomic E-state index is 11.9. The Morgan fingerprint density at radius 3 is 2.75 bits per heavy atom. The van der Waals surface area contributed by atoms with Crippen molar-refractivity contribution in [3.63, 3.8) is 0 Å². The summed E-state index contributed by atoms with van der Waals surface area (Å²) in [6.45, 7) is 7.30. The zero-order chi connectivity index (χ0) is 15.3. The molecule has 0 saturated carbocycles. The second-order valence-corrected chi connectivity index (χ2v) is 5.96. The number of nitriles is 1. The van der Waals surface area contributed by atoms with E-state index in [4.69, 9.17) is 11.0 Å².